The Balaban J connectivity index is 1.14. The molecule has 3 aliphatic rings. The first-order valence-corrected chi connectivity index (χ1v) is 17.0. The number of halogens is 1. The zero-order chi connectivity index (χ0) is 33.9. The number of rotatable bonds is 11. The third kappa shape index (κ3) is 7.23. The fourth-order valence-corrected chi connectivity index (χ4v) is 7.75. The van der Waals surface area contributed by atoms with Crippen LogP contribution in [-0.2, 0) is 37.3 Å². The van der Waals surface area contributed by atoms with Crippen molar-refractivity contribution in [3.63, 3.8) is 0 Å². The summed E-state index contributed by atoms with van der Waals surface area (Å²) < 4.78 is 19.9. The standard InChI is InChI=1S/C35H44ClN5O7/c1-39-27-8-5-4-7-24(27)32(38-39)33(43)37-26-15-10-21(17-25(26)36)18-31(42)41-16-6-9-28(41)34(40-19-29(46-2)30(20-40)47-3)48-23-13-11-22(12-14-23)35(44)45/h4-5,7-8,10,15,17,22-23,28-30,34H,6,9,11-14,16,18-20H2,1-3H3,(H,37,43)(H,44,45)/t22-,23-,28-,29-,30+,34?/m0/s1. The minimum Gasteiger partial charge on any atom is -0.481 e. The number of carbonyl (C=O) groups is 3. The van der Waals surface area contributed by atoms with Crippen LogP contribution >= 0.6 is 11.6 Å². The molecule has 0 bridgehead atoms. The molecule has 3 heterocycles. The molecule has 2 aliphatic heterocycles. The number of hydrogen-bond acceptors (Lipinski definition) is 8. The van der Waals surface area contributed by atoms with Crippen molar-refractivity contribution in [2.24, 2.45) is 13.0 Å². The number of carboxylic acids is 1. The Morgan fingerprint density at radius 3 is 2.40 bits per heavy atom. The number of aliphatic carboxylic acids is 1. The van der Waals surface area contributed by atoms with Crippen molar-refractivity contribution < 1.29 is 33.7 Å². The van der Waals surface area contributed by atoms with E-state index >= 15 is 0 Å². The summed E-state index contributed by atoms with van der Waals surface area (Å²) in [5, 5.41) is 17.8. The van der Waals surface area contributed by atoms with Gasteiger partial charge in [0.1, 0.15) is 6.23 Å². The first kappa shape index (κ1) is 34.3. The molecule has 48 heavy (non-hydrogen) atoms. The largest absolute Gasteiger partial charge is 0.481 e. The molecule has 1 aromatic heterocycles. The smallest absolute Gasteiger partial charge is 0.306 e. The van der Waals surface area contributed by atoms with Gasteiger partial charge in [-0.2, -0.15) is 5.10 Å². The third-order valence-electron chi connectivity index (χ3n) is 10.1. The second-order valence-electron chi connectivity index (χ2n) is 13.1. The number of aromatic nitrogens is 2. The second-order valence-corrected chi connectivity index (χ2v) is 13.5. The maximum atomic E-state index is 13.9. The van der Waals surface area contributed by atoms with E-state index in [0.717, 1.165) is 29.3 Å². The summed E-state index contributed by atoms with van der Waals surface area (Å²) in [6, 6.07) is 12.6. The quantitative estimate of drug-likeness (QED) is 0.303. The Kier molecular flexibility index (Phi) is 10.7. The number of fused-ring (bicyclic) bond motifs is 1. The Morgan fingerprint density at radius 2 is 1.73 bits per heavy atom. The molecule has 6 rings (SSSR count). The minimum atomic E-state index is -0.750. The highest BCUT2D eigenvalue weighted by Crippen LogP contribution is 2.34. The van der Waals surface area contributed by atoms with Gasteiger partial charge in [-0.1, -0.05) is 35.9 Å². The van der Waals surface area contributed by atoms with Gasteiger partial charge in [0.2, 0.25) is 5.91 Å². The van der Waals surface area contributed by atoms with Gasteiger partial charge in [0.05, 0.1) is 52.9 Å². The average Bonchev–Trinajstić information content (AvgIpc) is 3.82. The first-order chi connectivity index (χ1) is 23.2. The molecule has 2 aromatic carbocycles. The van der Waals surface area contributed by atoms with E-state index in [9.17, 15) is 19.5 Å². The molecule has 1 saturated carbocycles. The van der Waals surface area contributed by atoms with Crippen LogP contribution in [0.2, 0.25) is 5.02 Å². The lowest BCUT2D eigenvalue weighted by molar-refractivity contribution is -0.158. The third-order valence-corrected chi connectivity index (χ3v) is 10.4. The number of anilines is 1. The Morgan fingerprint density at radius 1 is 1.02 bits per heavy atom. The molecule has 2 amide bonds. The number of aryl methyl sites for hydroxylation is 1. The highest BCUT2D eigenvalue weighted by atomic mass is 35.5. The first-order valence-electron chi connectivity index (χ1n) is 16.7. The van der Waals surface area contributed by atoms with Crippen LogP contribution in [0.1, 0.15) is 54.6 Å². The number of nitrogens with zero attached hydrogens (tertiary/aromatic N) is 4. The van der Waals surface area contributed by atoms with Crippen molar-refractivity contribution >= 4 is 46.0 Å². The molecule has 258 valence electrons. The molecule has 2 saturated heterocycles. The zero-order valence-corrected chi connectivity index (χ0v) is 28.4. The number of methoxy groups -OCH3 is 2. The Hall–Kier alpha value is -3.55. The van der Waals surface area contributed by atoms with Gasteiger partial charge in [0, 0.05) is 46.3 Å². The Labute approximate surface area is 285 Å². The summed E-state index contributed by atoms with van der Waals surface area (Å²) in [7, 11) is 5.15. The van der Waals surface area contributed by atoms with Gasteiger partial charge in [0.25, 0.3) is 5.91 Å². The molecule has 4 atom stereocenters. The van der Waals surface area contributed by atoms with E-state index in [1.54, 1.807) is 38.1 Å². The van der Waals surface area contributed by atoms with Crippen molar-refractivity contribution in [1.29, 1.82) is 0 Å². The number of amides is 2. The summed E-state index contributed by atoms with van der Waals surface area (Å²) >= 11 is 6.63. The van der Waals surface area contributed by atoms with Gasteiger partial charge in [-0.05, 0) is 62.3 Å². The van der Waals surface area contributed by atoms with E-state index in [1.807, 2.05) is 35.2 Å². The SMILES string of the molecule is CO[C@H]1CN(C(O[C@H]2CC[C@H](C(=O)O)CC2)[C@@H]2CCCN2C(=O)Cc2ccc(NC(=O)c3nn(C)c4ccccc34)c(Cl)c2)C[C@H]1OC. The van der Waals surface area contributed by atoms with Crippen molar-refractivity contribution in [2.75, 3.05) is 39.2 Å². The summed E-state index contributed by atoms with van der Waals surface area (Å²) in [5.74, 6) is -1.48. The van der Waals surface area contributed by atoms with Crippen LogP contribution in [0, 0.1) is 5.92 Å². The lowest BCUT2D eigenvalue weighted by Crippen LogP contribution is -2.53. The molecular weight excluding hydrogens is 638 g/mol. The van der Waals surface area contributed by atoms with E-state index in [0.29, 0.717) is 61.7 Å². The molecule has 12 nitrogen and oxygen atoms in total. The molecule has 1 unspecified atom stereocenters. The Bertz CT molecular complexity index is 1630. The van der Waals surface area contributed by atoms with Crippen molar-refractivity contribution in [3.05, 3.63) is 58.7 Å². The van der Waals surface area contributed by atoms with Gasteiger partial charge < -0.3 is 29.5 Å². The molecule has 13 heteroatoms. The number of nitrogens with one attached hydrogen (secondary N) is 1. The fourth-order valence-electron chi connectivity index (χ4n) is 7.50. The number of carboxylic acid groups (broad SMARTS) is 1. The van der Waals surface area contributed by atoms with Crippen molar-refractivity contribution in [1.82, 2.24) is 19.6 Å². The molecule has 0 spiro atoms. The van der Waals surface area contributed by atoms with Crippen LogP contribution in [0.25, 0.3) is 10.9 Å². The van der Waals surface area contributed by atoms with E-state index in [-0.39, 0.29) is 54.7 Å². The summed E-state index contributed by atoms with van der Waals surface area (Å²) in [5.41, 5.74) is 2.33. The van der Waals surface area contributed by atoms with Gasteiger partial charge >= 0.3 is 5.97 Å². The molecular formula is C35H44ClN5O7. The second kappa shape index (κ2) is 14.9. The number of likely N-dealkylation sites (tertiary alicyclic amines) is 2. The lowest BCUT2D eigenvalue weighted by atomic mass is 9.87. The van der Waals surface area contributed by atoms with E-state index in [2.05, 4.69) is 15.3 Å². The van der Waals surface area contributed by atoms with Gasteiger partial charge in [-0.15, -0.1) is 0 Å². The number of carbonyl (C=O) groups excluding carboxylic acids is 2. The summed E-state index contributed by atoms with van der Waals surface area (Å²) in [6.45, 7) is 1.84. The van der Waals surface area contributed by atoms with Gasteiger partial charge in [0.15, 0.2) is 5.69 Å². The molecule has 1 aliphatic carbocycles. The van der Waals surface area contributed by atoms with Gasteiger partial charge in [-0.25, -0.2) is 0 Å². The van der Waals surface area contributed by atoms with E-state index < -0.39 is 5.97 Å². The minimum absolute atomic E-state index is 0.0285. The fraction of sp³-hybridized carbons (Fsp3) is 0.543. The van der Waals surface area contributed by atoms with Crippen LogP contribution in [0.5, 0.6) is 0 Å². The predicted octanol–water partition coefficient (Wildman–Crippen LogP) is 4.34. The van der Waals surface area contributed by atoms with Crippen LogP contribution < -0.4 is 5.32 Å². The topological polar surface area (TPSA) is 135 Å². The van der Waals surface area contributed by atoms with Gasteiger partial charge in [-0.3, -0.25) is 24.0 Å². The van der Waals surface area contributed by atoms with E-state index in [4.69, 9.17) is 25.8 Å². The number of ether oxygens (including phenoxy) is 3. The number of benzene rings is 2. The monoisotopic (exact) mass is 681 g/mol. The maximum absolute atomic E-state index is 13.9. The normalized spacial score (nSPS) is 25.4. The van der Waals surface area contributed by atoms with Crippen LogP contribution in [0.3, 0.4) is 0 Å². The number of hydrogen-bond donors (Lipinski definition) is 2. The zero-order valence-electron chi connectivity index (χ0n) is 27.6. The molecule has 3 fully saturated rings. The van der Waals surface area contributed by atoms with Crippen LogP contribution in [0.15, 0.2) is 42.5 Å². The predicted molar refractivity (Wildman–Crippen MR) is 180 cm³/mol. The van der Waals surface area contributed by atoms with Crippen molar-refractivity contribution in [3.8, 4) is 0 Å². The number of para-hydroxylation sites is 1. The molecule has 3 aromatic rings. The van der Waals surface area contributed by atoms with Crippen LogP contribution in [0.4, 0.5) is 5.69 Å². The van der Waals surface area contributed by atoms with E-state index in [1.165, 1.54) is 0 Å². The molecule has 0 radical (unpaired) electrons. The van der Waals surface area contributed by atoms with Crippen molar-refractivity contribution in [2.45, 2.75) is 75.5 Å². The summed E-state index contributed by atoms with van der Waals surface area (Å²) in [6.07, 6.45) is 3.59. The average molecular weight is 682 g/mol. The summed E-state index contributed by atoms with van der Waals surface area (Å²) in [4.78, 5) is 42.7. The highest BCUT2D eigenvalue weighted by molar-refractivity contribution is 6.34. The molecule has 2 N–H and O–H groups in total. The maximum Gasteiger partial charge on any atom is 0.306 e. The van der Waals surface area contributed by atoms with Crippen LogP contribution in [-0.4, -0.2) is 107 Å². The highest BCUT2D eigenvalue weighted by Gasteiger charge is 2.45. The lowest BCUT2D eigenvalue weighted by Gasteiger charge is -2.40.